The molecule has 2 aromatic heterocycles. The quantitative estimate of drug-likeness (QED) is 0.887. The lowest BCUT2D eigenvalue weighted by Crippen LogP contribution is -2.14. The number of ether oxygens (including phenoxy) is 1. The summed E-state index contributed by atoms with van der Waals surface area (Å²) in [6.07, 6.45) is -3.90. The van der Waals surface area contributed by atoms with Gasteiger partial charge in [0.05, 0.1) is 0 Å². The molecule has 0 aromatic carbocycles. The number of rotatable bonds is 5. The molecule has 0 spiro atoms. The van der Waals surface area contributed by atoms with Gasteiger partial charge in [-0.2, -0.15) is 18.2 Å². The highest BCUT2D eigenvalue weighted by atomic mass is 19.4. The van der Waals surface area contributed by atoms with Gasteiger partial charge in [0.15, 0.2) is 0 Å². The van der Waals surface area contributed by atoms with Crippen LogP contribution in [-0.4, -0.2) is 26.7 Å². The van der Waals surface area contributed by atoms with E-state index in [1.807, 2.05) is 6.92 Å². The summed E-state index contributed by atoms with van der Waals surface area (Å²) in [5.74, 6) is -1.28. The number of halogens is 3. The van der Waals surface area contributed by atoms with Crippen LogP contribution in [0.1, 0.15) is 24.9 Å². The number of hydrogen-bond acceptors (Lipinski definition) is 5. The van der Waals surface area contributed by atoms with E-state index in [0.717, 1.165) is 12.1 Å². The third kappa shape index (κ3) is 4.07. The molecule has 0 saturated carbocycles. The molecule has 0 aliphatic rings. The Bertz CT molecular complexity index is 611. The maximum Gasteiger partial charge on any atom is 0.451 e. The SMILES string of the molecule is CCCNc1cc(Oc2cc(C)[nH]n2)nc(C(F)(F)F)n1. The summed E-state index contributed by atoms with van der Waals surface area (Å²) in [5, 5.41) is 9.19. The van der Waals surface area contributed by atoms with Crippen molar-refractivity contribution >= 4 is 5.82 Å². The van der Waals surface area contributed by atoms with Crippen LogP contribution in [0.25, 0.3) is 0 Å². The molecular formula is C12H14F3N5O. The van der Waals surface area contributed by atoms with Gasteiger partial charge in [0.1, 0.15) is 5.82 Å². The van der Waals surface area contributed by atoms with Crippen molar-refractivity contribution in [3.8, 4) is 11.8 Å². The molecule has 0 amide bonds. The number of anilines is 1. The summed E-state index contributed by atoms with van der Waals surface area (Å²) in [7, 11) is 0. The fraction of sp³-hybridized carbons (Fsp3) is 0.417. The number of aryl methyl sites for hydroxylation is 1. The van der Waals surface area contributed by atoms with Crippen LogP contribution in [-0.2, 0) is 6.18 Å². The molecule has 9 heteroatoms. The van der Waals surface area contributed by atoms with E-state index >= 15 is 0 Å². The first-order chi connectivity index (χ1) is 9.88. The van der Waals surface area contributed by atoms with E-state index in [0.29, 0.717) is 6.54 Å². The first kappa shape index (κ1) is 15.1. The minimum atomic E-state index is -4.65. The molecule has 2 aromatic rings. The number of nitrogens with one attached hydrogen (secondary N) is 2. The Morgan fingerprint density at radius 2 is 2.00 bits per heavy atom. The molecular weight excluding hydrogens is 287 g/mol. The van der Waals surface area contributed by atoms with Gasteiger partial charge in [-0.05, 0) is 13.3 Å². The maximum atomic E-state index is 12.8. The zero-order valence-electron chi connectivity index (χ0n) is 11.5. The van der Waals surface area contributed by atoms with Crippen molar-refractivity contribution in [2.75, 3.05) is 11.9 Å². The highest BCUT2D eigenvalue weighted by molar-refractivity contribution is 5.39. The molecule has 6 nitrogen and oxygen atoms in total. The number of nitrogens with zero attached hydrogens (tertiary/aromatic N) is 3. The lowest BCUT2D eigenvalue weighted by molar-refractivity contribution is -0.145. The monoisotopic (exact) mass is 301 g/mol. The van der Waals surface area contributed by atoms with Gasteiger partial charge in [-0.15, -0.1) is 5.10 Å². The van der Waals surface area contributed by atoms with Crippen molar-refractivity contribution in [2.24, 2.45) is 0 Å². The summed E-state index contributed by atoms with van der Waals surface area (Å²) in [6, 6.07) is 2.85. The van der Waals surface area contributed by atoms with Crippen LogP contribution in [0, 0.1) is 6.92 Å². The molecule has 0 aliphatic heterocycles. The lowest BCUT2D eigenvalue weighted by atomic mass is 10.4. The second-order valence-corrected chi connectivity index (χ2v) is 4.33. The van der Waals surface area contributed by atoms with Gasteiger partial charge >= 0.3 is 6.18 Å². The second-order valence-electron chi connectivity index (χ2n) is 4.33. The molecule has 0 atom stereocenters. The van der Waals surface area contributed by atoms with E-state index in [2.05, 4.69) is 25.5 Å². The van der Waals surface area contributed by atoms with Crippen LogP contribution in [0.5, 0.6) is 11.8 Å². The zero-order valence-corrected chi connectivity index (χ0v) is 11.5. The fourth-order valence-electron chi connectivity index (χ4n) is 1.50. The number of aromatic amines is 1. The van der Waals surface area contributed by atoms with Gasteiger partial charge in [-0.1, -0.05) is 6.92 Å². The normalized spacial score (nSPS) is 11.5. The number of alkyl halides is 3. The van der Waals surface area contributed by atoms with Gasteiger partial charge < -0.3 is 10.1 Å². The van der Waals surface area contributed by atoms with E-state index < -0.39 is 12.0 Å². The first-order valence-corrected chi connectivity index (χ1v) is 6.28. The molecule has 0 unspecified atom stereocenters. The molecule has 0 aliphatic carbocycles. The minimum absolute atomic E-state index is 0.0569. The van der Waals surface area contributed by atoms with Crippen molar-refractivity contribution in [1.29, 1.82) is 0 Å². The van der Waals surface area contributed by atoms with Crippen LogP contribution < -0.4 is 10.1 Å². The van der Waals surface area contributed by atoms with E-state index in [9.17, 15) is 13.2 Å². The summed E-state index contributed by atoms with van der Waals surface area (Å²) in [4.78, 5) is 6.80. The standard InChI is InChI=1S/C12H14F3N5O/c1-3-4-16-8-6-9(18-11(17-8)12(13,14)15)21-10-5-7(2)19-20-10/h5-6H,3-4H2,1-2H3,(H,19,20)(H,16,17,18). The molecule has 2 heterocycles. The Hall–Kier alpha value is -2.32. The van der Waals surface area contributed by atoms with E-state index in [1.54, 1.807) is 13.0 Å². The van der Waals surface area contributed by atoms with Gasteiger partial charge in [-0.3, -0.25) is 5.10 Å². The van der Waals surface area contributed by atoms with Crippen molar-refractivity contribution in [3.63, 3.8) is 0 Å². The van der Waals surface area contributed by atoms with Gasteiger partial charge in [0, 0.05) is 24.4 Å². The summed E-state index contributed by atoms with van der Waals surface area (Å²) in [5.41, 5.74) is 0.722. The zero-order chi connectivity index (χ0) is 15.5. The molecule has 2 rings (SSSR count). The summed E-state index contributed by atoms with van der Waals surface area (Å²) in [6.45, 7) is 4.13. The summed E-state index contributed by atoms with van der Waals surface area (Å²) < 4.78 is 43.6. The van der Waals surface area contributed by atoms with Gasteiger partial charge in [-0.25, -0.2) is 4.98 Å². The molecule has 2 N–H and O–H groups in total. The smallest absolute Gasteiger partial charge is 0.419 e. The third-order valence-corrected chi connectivity index (χ3v) is 2.40. The van der Waals surface area contributed by atoms with Gasteiger partial charge in [0.2, 0.25) is 17.6 Å². The second kappa shape index (κ2) is 5.98. The Morgan fingerprint density at radius 1 is 1.24 bits per heavy atom. The van der Waals surface area contributed by atoms with Crippen molar-refractivity contribution in [1.82, 2.24) is 20.2 Å². The molecule has 0 saturated heterocycles. The Morgan fingerprint density at radius 3 is 2.57 bits per heavy atom. The highest BCUT2D eigenvalue weighted by Crippen LogP contribution is 2.30. The van der Waals surface area contributed by atoms with E-state index in [1.165, 1.54) is 6.07 Å². The van der Waals surface area contributed by atoms with E-state index in [-0.39, 0.29) is 17.6 Å². The van der Waals surface area contributed by atoms with Crippen LogP contribution in [0.15, 0.2) is 12.1 Å². The van der Waals surface area contributed by atoms with Crippen molar-refractivity contribution in [2.45, 2.75) is 26.4 Å². The van der Waals surface area contributed by atoms with Crippen LogP contribution in [0.4, 0.5) is 19.0 Å². The molecule has 114 valence electrons. The Labute approximate surface area is 118 Å². The van der Waals surface area contributed by atoms with Crippen molar-refractivity contribution in [3.05, 3.63) is 23.7 Å². The summed E-state index contributed by atoms with van der Waals surface area (Å²) >= 11 is 0. The average Bonchev–Trinajstić information content (AvgIpc) is 2.80. The molecule has 21 heavy (non-hydrogen) atoms. The largest absolute Gasteiger partial charge is 0.451 e. The van der Waals surface area contributed by atoms with Crippen molar-refractivity contribution < 1.29 is 17.9 Å². The first-order valence-electron chi connectivity index (χ1n) is 6.28. The lowest BCUT2D eigenvalue weighted by Gasteiger charge is -2.10. The Balaban J connectivity index is 2.30. The number of hydrogen-bond donors (Lipinski definition) is 2. The molecule has 0 fully saturated rings. The predicted octanol–water partition coefficient (Wildman–Crippen LogP) is 3.14. The number of aromatic nitrogens is 4. The molecule has 0 bridgehead atoms. The van der Waals surface area contributed by atoms with Crippen LogP contribution in [0.2, 0.25) is 0 Å². The van der Waals surface area contributed by atoms with Gasteiger partial charge in [0.25, 0.3) is 0 Å². The average molecular weight is 301 g/mol. The maximum absolute atomic E-state index is 12.8. The van der Waals surface area contributed by atoms with Crippen LogP contribution in [0.3, 0.4) is 0 Å². The minimum Gasteiger partial charge on any atom is -0.419 e. The third-order valence-electron chi connectivity index (χ3n) is 2.40. The number of H-pyrrole nitrogens is 1. The Kier molecular flexibility index (Phi) is 4.29. The predicted molar refractivity (Wildman–Crippen MR) is 69.2 cm³/mol. The van der Waals surface area contributed by atoms with E-state index in [4.69, 9.17) is 4.74 Å². The van der Waals surface area contributed by atoms with Crippen LogP contribution >= 0.6 is 0 Å². The highest BCUT2D eigenvalue weighted by Gasteiger charge is 2.35. The fourth-order valence-corrected chi connectivity index (χ4v) is 1.50. The molecule has 0 radical (unpaired) electrons. The topological polar surface area (TPSA) is 75.7 Å².